The Hall–Kier alpha value is -2.40. The number of amides is 1. The van der Waals surface area contributed by atoms with Crippen LogP contribution in [0.15, 0.2) is 36.4 Å². The summed E-state index contributed by atoms with van der Waals surface area (Å²) in [6, 6.07) is 10.9. The van der Waals surface area contributed by atoms with E-state index in [1.54, 1.807) is 19.1 Å². The third kappa shape index (κ3) is 3.74. The first-order valence-electron chi connectivity index (χ1n) is 7.62. The van der Waals surface area contributed by atoms with Gasteiger partial charge in [0.05, 0.1) is 0 Å². The maximum atomic E-state index is 12.2. The van der Waals surface area contributed by atoms with Gasteiger partial charge >= 0.3 is 0 Å². The highest BCUT2D eigenvalue weighted by Gasteiger charge is 2.16. The lowest BCUT2D eigenvalue weighted by atomic mass is 10.2. The van der Waals surface area contributed by atoms with Gasteiger partial charge in [-0.15, -0.1) is 0 Å². The molecule has 0 saturated heterocycles. The highest BCUT2D eigenvalue weighted by molar-refractivity contribution is 6.31. The lowest BCUT2D eigenvalue weighted by Crippen LogP contribution is -2.35. The third-order valence-electron chi connectivity index (χ3n) is 3.72. The fraction of sp³-hybridized carbons (Fsp3) is 0.278. The summed E-state index contributed by atoms with van der Waals surface area (Å²) >= 11 is 5.98. The summed E-state index contributed by atoms with van der Waals surface area (Å²) < 4.78 is 16.2. The highest BCUT2D eigenvalue weighted by atomic mass is 35.5. The van der Waals surface area contributed by atoms with E-state index in [9.17, 15) is 4.79 Å². The number of benzene rings is 2. The van der Waals surface area contributed by atoms with Crippen LogP contribution in [0.3, 0.4) is 0 Å². The molecule has 0 aliphatic carbocycles. The van der Waals surface area contributed by atoms with Crippen LogP contribution in [-0.2, 0) is 11.3 Å². The van der Waals surface area contributed by atoms with Crippen molar-refractivity contribution >= 4 is 17.5 Å². The van der Waals surface area contributed by atoms with Crippen LogP contribution in [0.5, 0.6) is 17.2 Å². The summed E-state index contributed by atoms with van der Waals surface area (Å²) in [7, 11) is 0. The number of carbonyl (C=O) groups excluding carboxylic acids is 1. The minimum absolute atomic E-state index is 0.194. The SMILES string of the molecule is Cc1cc(O[C@@H](C)C(=O)NCc2ccc3c(c2)OCO3)ccc1Cl. The second kappa shape index (κ2) is 7.01. The Morgan fingerprint density at radius 1 is 1.25 bits per heavy atom. The molecule has 0 unspecified atom stereocenters. The van der Waals surface area contributed by atoms with Gasteiger partial charge in [0.25, 0.3) is 5.91 Å². The third-order valence-corrected chi connectivity index (χ3v) is 4.14. The molecular formula is C18H18ClNO4. The standard InChI is InChI=1S/C18H18ClNO4/c1-11-7-14(4-5-15(11)19)24-12(2)18(21)20-9-13-3-6-16-17(8-13)23-10-22-16/h3-8,12H,9-10H2,1-2H3,(H,20,21)/t12-/m0/s1. The Balaban J connectivity index is 1.55. The van der Waals surface area contributed by atoms with Gasteiger partial charge in [0.2, 0.25) is 6.79 Å². The maximum Gasteiger partial charge on any atom is 0.261 e. The highest BCUT2D eigenvalue weighted by Crippen LogP contribution is 2.32. The fourth-order valence-electron chi connectivity index (χ4n) is 2.33. The second-order valence-electron chi connectivity index (χ2n) is 5.58. The zero-order valence-electron chi connectivity index (χ0n) is 13.5. The molecule has 1 aliphatic heterocycles. The minimum atomic E-state index is -0.611. The fourth-order valence-corrected chi connectivity index (χ4v) is 2.45. The normalized spacial score (nSPS) is 13.5. The second-order valence-corrected chi connectivity index (χ2v) is 5.98. The van der Waals surface area contributed by atoms with Gasteiger partial charge in [-0.1, -0.05) is 17.7 Å². The zero-order chi connectivity index (χ0) is 17.1. The number of halogens is 1. The lowest BCUT2D eigenvalue weighted by molar-refractivity contribution is -0.127. The van der Waals surface area contributed by atoms with E-state index in [-0.39, 0.29) is 12.7 Å². The molecule has 24 heavy (non-hydrogen) atoms. The van der Waals surface area contributed by atoms with Crippen molar-refractivity contribution in [2.75, 3.05) is 6.79 Å². The Bertz CT molecular complexity index is 763. The summed E-state index contributed by atoms with van der Waals surface area (Å²) in [6.07, 6.45) is -0.611. The number of nitrogens with one attached hydrogen (secondary N) is 1. The van der Waals surface area contributed by atoms with Crippen LogP contribution in [0.1, 0.15) is 18.1 Å². The Morgan fingerprint density at radius 2 is 2.04 bits per heavy atom. The molecule has 5 nitrogen and oxygen atoms in total. The molecule has 0 fully saturated rings. The molecule has 126 valence electrons. The van der Waals surface area contributed by atoms with E-state index in [4.69, 9.17) is 25.8 Å². The van der Waals surface area contributed by atoms with Gasteiger partial charge in [0.1, 0.15) is 5.75 Å². The van der Waals surface area contributed by atoms with Crippen molar-refractivity contribution in [1.29, 1.82) is 0 Å². The van der Waals surface area contributed by atoms with Crippen molar-refractivity contribution in [2.24, 2.45) is 0 Å². The van der Waals surface area contributed by atoms with Crippen molar-refractivity contribution < 1.29 is 19.0 Å². The molecule has 1 heterocycles. The van der Waals surface area contributed by atoms with Gasteiger partial charge in [0.15, 0.2) is 17.6 Å². The quantitative estimate of drug-likeness (QED) is 0.900. The number of rotatable bonds is 5. The van der Waals surface area contributed by atoms with E-state index in [0.717, 1.165) is 16.9 Å². The molecule has 1 amide bonds. The molecule has 3 rings (SSSR count). The number of hydrogen-bond donors (Lipinski definition) is 1. The van der Waals surface area contributed by atoms with Crippen LogP contribution in [0.2, 0.25) is 5.02 Å². The van der Waals surface area contributed by atoms with Crippen LogP contribution in [-0.4, -0.2) is 18.8 Å². The largest absolute Gasteiger partial charge is 0.481 e. The lowest BCUT2D eigenvalue weighted by Gasteiger charge is -2.15. The predicted molar refractivity (Wildman–Crippen MR) is 90.7 cm³/mol. The molecular weight excluding hydrogens is 330 g/mol. The smallest absolute Gasteiger partial charge is 0.261 e. The van der Waals surface area contributed by atoms with Crippen molar-refractivity contribution in [3.8, 4) is 17.2 Å². The molecule has 0 saturated carbocycles. The molecule has 0 bridgehead atoms. The van der Waals surface area contributed by atoms with Crippen LogP contribution >= 0.6 is 11.6 Å². The molecule has 1 N–H and O–H groups in total. The first-order valence-corrected chi connectivity index (χ1v) is 8.00. The maximum absolute atomic E-state index is 12.2. The van der Waals surface area contributed by atoms with Crippen molar-refractivity contribution in [3.63, 3.8) is 0 Å². The van der Waals surface area contributed by atoms with Gasteiger partial charge in [-0.3, -0.25) is 4.79 Å². The van der Waals surface area contributed by atoms with Crippen LogP contribution in [0, 0.1) is 6.92 Å². The number of fused-ring (bicyclic) bond motifs is 1. The van der Waals surface area contributed by atoms with Crippen LogP contribution < -0.4 is 19.5 Å². The monoisotopic (exact) mass is 347 g/mol. The summed E-state index contributed by atoms with van der Waals surface area (Å²) in [5, 5.41) is 3.52. The zero-order valence-corrected chi connectivity index (χ0v) is 14.2. The van der Waals surface area contributed by atoms with E-state index in [2.05, 4.69) is 5.32 Å². The average Bonchev–Trinajstić information content (AvgIpc) is 3.03. The first kappa shape index (κ1) is 16.5. The van der Waals surface area contributed by atoms with E-state index in [1.165, 1.54) is 0 Å². The van der Waals surface area contributed by atoms with E-state index in [1.807, 2.05) is 31.2 Å². The molecule has 0 radical (unpaired) electrons. The summed E-state index contributed by atoms with van der Waals surface area (Å²) in [6.45, 7) is 4.22. The van der Waals surface area contributed by atoms with E-state index >= 15 is 0 Å². The number of hydrogen-bond acceptors (Lipinski definition) is 4. The number of carbonyl (C=O) groups is 1. The molecule has 2 aromatic carbocycles. The number of ether oxygens (including phenoxy) is 3. The Kier molecular flexibility index (Phi) is 4.81. The van der Waals surface area contributed by atoms with E-state index < -0.39 is 6.10 Å². The van der Waals surface area contributed by atoms with Crippen molar-refractivity contribution in [3.05, 3.63) is 52.5 Å². The molecule has 1 atom stereocenters. The number of aryl methyl sites for hydroxylation is 1. The van der Waals surface area contributed by atoms with Gasteiger partial charge in [-0.05, 0) is 55.3 Å². The van der Waals surface area contributed by atoms with Gasteiger partial charge in [-0.25, -0.2) is 0 Å². The summed E-state index contributed by atoms with van der Waals surface area (Å²) in [4.78, 5) is 12.2. The van der Waals surface area contributed by atoms with Crippen LogP contribution in [0.25, 0.3) is 0 Å². The Morgan fingerprint density at radius 3 is 2.83 bits per heavy atom. The molecule has 0 aromatic heterocycles. The van der Waals surface area contributed by atoms with Crippen LogP contribution in [0.4, 0.5) is 0 Å². The minimum Gasteiger partial charge on any atom is -0.481 e. The molecule has 2 aromatic rings. The van der Waals surface area contributed by atoms with Gasteiger partial charge < -0.3 is 19.5 Å². The summed E-state index contributed by atoms with van der Waals surface area (Å²) in [5.74, 6) is 1.84. The molecule has 1 aliphatic rings. The van der Waals surface area contributed by atoms with Crippen molar-refractivity contribution in [1.82, 2.24) is 5.32 Å². The topological polar surface area (TPSA) is 56.8 Å². The van der Waals surface area contributed by atoms with E-state index in [0.29, 0.717) is 23.1 Å². The first-order chi connectivity index (χ1) is 11.5. The molecule has 0 spiro atoms. The molecule has 6 heteroatoms. The predicted octanol–water partition coefficient (Wildman–Crippen LogP) is 3.46. The average molecular weight is 348 g/mol. The van der Waals surface area contributed by atoms with Gasteiger partial charge in [0, 0.05) is 11.6 Å². The Labute approximate surface area is 145 Å². The van der Waals surface area contributed by atoms with Crippen molar-refractivity contribution in [2.45, 2.75) is 26.5 Å². The van der Waals surface area contributed by atoms with Gasteiger partial charge in [-0.2, -0.15) is 0 Å². The summed E-state index contributed by atoms with van der Waals surface area (Å²) in [5.41, 5.74) is 1.84.